The van der Waals surface area contributed by atoms with Crippen molar-refractivity contribution in [3.63, 3.8) is 0 Å². The fourth-order valence-corrected chi connectivity index (χ4v) is 10.2. The molecule has 35 heteroatoms. The molecular formula is C44H69ClN8O25S. The van der Waals surface area contributed by atoms with E-state index in [-0.39, 0.29) is 25.4 Å². The number of nitrogens with one attached hydrogen (secondary N) is 5. The number of carboxylic acids is 3. The molecular weight excluding hydrogens is 1110 g/mol. The monoisotopic (exact) mass is 1180 g/mol. The Morgan fingerprint density at radius 3 is 1.89 bits per heavy atom. The van der Waals surface area contributed by atoms with Crippen LogP contribution in [0.4, 0.5) is 0 Å². The number of aliphatic hydroxyl groups excluding tert-OH is 7. The number of amides is 6. The lowest BCUT2D eigenvalue weighted by Crippen LogP contribution is -3.00. The number of rotatable bonds is 27. The summed E-state index contributed by atoms with van der Waals surface area (Å²) in [7, 11) is 1.67. The second-order valence-electron chi connectivity index (χ2n) is 18.9. The number of halogens is 1. The molecule has 4 heterocycles. The number of likely N-dealkylation sites (tertiary alicyclic amines) is 1. The lowest BCUT2D eigenvalue weighted by Gasteiger charge is -2.49. The highest BCUT2D eigenvalue weighted by atomic mass is 35.5. The predicted molar refractivity (Wildman–Crippen MR) is 257 cm³/mol. The van der Waals surface area contributed by atoms with Crippen molar-refractivity contribution in [1.29, 1.82) is 0 Å². The Balaban J connectivity index is 0.0000164. The fraction of sp³-hybridized carbons (Fsp3) is 0.750. The molecule has 79 heavy (non-hydrogen) atoms. The lowest BCUT2D eigenvalue weighted by atomic mass is 9.85. The summed E-state index contributed by atoms with van der Waals surface area (Å²) in [5, 5.41) is 129. The molecule has 4 fully saturated rings. The molecule has 6 amide bonds. The fourth-order valence-electron chi connectivity index (χ4n) is 9.04. The summed E-state index contributed by atoms with van der Waals surface area (Å²) in [6.07, 6.45) is -21.0. The minimum Gasteiger partial charge on any atom is -1.00 e. The van der Waals surface area contributed by atoms with E-state index in [1.54, 1.807) is 7.05 Å². The first-order valence-corrected chi connectivity index (χ1v) is 25.3. The zero-order chi connectivity index (χ0) is 58.6. The number of carbonyl (C=O) groups excluding carboxylic acids is 6. The van der Waals surface area contributed by atoms with Crippen molar-refractivity contribution in [2.45, 2.75) is 161 Å². The third-order valence-electron chi connectivity index (χ3n) is 13.1. The molecule has 17 atom stereocenters. The second kappa shape index (κ2) is 29.4. The summed E-state index contributed by atoms with van der Waals surface area (Å²) in [6, 6.07) is -5.03. The van der Waals surface area contributed by atoms with Crippen molar-refractivity contribution in [1.82, 2.24) is 26.3 Å². The molecule has 0 aliphatic carbocycles. The molecule has 33 nitrogen and oxygen atoms in total. The van der Waals surface area contributed by atoms with Gasteiger partial charge in [0, 0.05) is 71.8 Å². The van der Waals surface area contributed by atoms with Crippen LogP contribution in [-0.2, 0) is 66.8 Å². The summed E-state index contributed by atoms with van der Waals surface area (Å²) in [5.74, 6) is -20.7. The van der Waals surface area contributed by atoms with E-state index in [9.17, 15) is 99.3 Å². The Kier molecular flexibility index (Phi) is 25.3. The van der Waals surface area contributed by atoms with Crippen LogP contribution in [-0.4, -0.2) is 261 Å². The number of aliphatic carboxylic acids is 3. The van der Waals surface area contributed by atoms with Crippen LogP contribution in [0, 0.1) is 5.92 Å². The Hall–Kier alpha value is -5.31. The molecule has 0 aromatic heterocycles. The number of nitrogens with two attached hydrogens (primary N) is 1. The molecule has 4 aliphatic rings. The topological polar surface area (TPSA) is 526 Å². The second-order valence-corrected chi connectivity index (χ2v) is 20.2. The number of amidine groups is 1. The smallest absolute Gasteiger partial charge is 0.364 e. The molecule has 448 valence electrons. The molecule has 4 saturated heterocycles. The van der Waals surface area contributed by atoms with Gasteiger partial charge in [0.2, 0.25) is 41.3 Å². The van der Waals surface area contributed by atoms with Crippen LogP contribution in [0.25, 0.3) is 0 Å². The molecule has 4 aliphatic heterocycles. The van der Waals surface area contributed by atoms with Crippen LogP contribution in [0.15, 0.2) is 5.10 Å². The number of hydrogen-bond acceptors (Lipinski definition) is 24. The first-order valence-electron chi connectivity index (χ1n) is 24.3. The van der Waals surface area contributed by atoms with E-state index >= 15 is 0 Å². The van der Waals surface area contributed by atoms with Crippen LogP contribution in [0.5, 0.6) is 0 Å². The number of aliphatic hydroxyl groups is 8. The lowest BCUT2D eigenvalue weighted by molar-refractivity contribution is -0.422. The van der Waals surface area contributed by atoms with Crippen molar-refractivity contribution in [3.8, 4) is 0 Å². The normalized spacial score (nSPS) is 32.7. The number of hydrogen-bond donors (Lipinski definition) is 17. The molecule has 17 unspecified atom stereocenters. The van der Waals surface area contributed by atoms with E-state index in [1.165, 1.54) is 11.8 Å². The summed E-state index contributed by atoms with van der Waals surface area (Å²) in [6.45, 7) is -1.08. The molecule has 0 aromatic rings. The summed E-state index contributed by atoms with van der Waals surface area (Å²) in [5.41, 5.74) is 7.87. The van der Waals surface area contributed by atoms with Crippen molar-refractivity contribution < 1.29 is 140 Å². The molecule has 0 bridgehead atoms. The van der Waals surface area contributed by atoms with Gasteiger partial charge in [-0.25, -0.2) is 19.8 Å². The molecule has 0 spiro atoms. The molecule has 18 N–H and O–H groups in total. The van der Waals surface area contributed by atoms with Gasteiger partial charge >= 0.3 is 17.9 Å². The SMILES string of the molecule is C[NH+]=C(N)CCCSC1CC(=O)N(CCC(=O)N/N=C\C2OC(OCC(CO)C(O)C3OC(OC(CO)C(O)C4OC(O)(C(=O)O)CC(O)C4NC(C)=O)(C(=O)O)CC(O)C3NC(C)=O)(C(=O)O)CC(O)C2NC(C)=O)C1=O.[Cl-]. The maximum atomic E-state index is 13.1. The van der Waals surface area contributed by atoms with E-state index in [1.807, 2.05) is 0 Å². The summed E-state index contributed by atoms with van der Waals surface area (Å²) in [4.78, 5) is 117. The van der Waals surface area contributed by atoms with Crippen LogP contribution in [0.1, 0.15) is 65.7 Å². The average molecular weight is 1180 g/mol. The molecule has 4 rings (SSSR count). The zero-order valence-corrected chi connectivity index (χ0v) is 44.6. The van der Waals surface area contributed by atoms with Crippen LogP contribution in [0.2, 0.25) is 0 Å². The van der Waals surface area contributed by atoms with Gasteiger partial charge in [0.15, 0.2) is 0 Å². The van der Waals surface area contributed by atoms with Crippen molar-refractivity contribution in [3.05, 3.63) is 0 Å². The van der Waals surface area contributed by atoms with Crippen LogP contribution < -0.4 is 44.5 Å². The number of imide groups is 1. The Morgan fingerprint density at radius 1 is 0.810 bits per heavy atom. The maximum absolute atomic E-state index is 13.1. The first kappa shape index (κ1) is 68.0. The highest BCUT2D eigenvalue weighted by Gasteiger charge is 2.60. The van der Waals surface area contributed by atoms with Gasteiger partial charge in [0.1, 0.15) is 30.5 Å². The van der Waals surface area contributed by atoms with Crippen molar-refractivity contribution in [2.24, 2.45) is 16.8 Å². The number of carbonyl (C=O) groups is 9. The maximum Gasteiger partial charge on any atom is 0.364 e. The Morgan fingerprint density at radius 2 is 1.35 bits per heavy atom. The minimum atomic E-state index is -3.29. The minimum absolute atomic E-state index is 0. The number of thioether (sulfide) groups is 1. The van der Waals surface area contributed by atoms with Gasteiger partial charge in [-0.2, -0.15) is 5.10 Å². The highest BCUT2D eigenvalue weighted by Crippen LogP contribution is 2.39. The predicted octanol–water partition coefficient (Wildman–Crippen LogP) is -12.8. The van der Waals surface area contributed by atoms with E-state index in [2.05, 4.69) is 31.5 Å². The van der Waals surface area contributed by atoms with Gasteiger partial charge in [-0.05, 0) is 12.2 Å². The van der Waals surface area contributed by atoms with Gasteiger partial charge in [0.25, 0.3) is 17.4 Å². The third-order valence-corrected chi connectivity index (χ3v) is 14.4. The van der Waals surface area contributed by atoms with E-state index in [4.69, 9.17) is 29.4 Å². The van der Waals surface area contributed by atoms with Gasteiger partial charge in [0.05, 0.1) is 80.9 Å². The van der Waals surface area contributed by atoms with Gasteiger partial charge in [-0.1, -0.05) is 0 Å². The van der Waals surface area contributed by atoms with Crippen molar-refractivity contribution >= 4 is 77.2 Å². The largest absolute Gasteiger partial charge is 1.00 e. The Bertz CT molecular complexity index is 2280. The summed E-state index contributed by atoms with van der Waals surface area (Å²) < 4.78 is 28.0. The zero-order valence-electron chi connectivity index (χ0n) is 43.0. The third kappa shape index (κ3) is 17.1. The molecule has 0 radical (unpaired) electrons. The number of hydrazone groups is 1. The van der Waals surface area contributed by atoms with Gasteiger partial charge in [-0.3, -0.25) is 44.4 Å². The highest BCUT2D eigenvalue weighted by molar-refractivity contribution is 8.00. The quantitative estimate of drug-likeness (QED) is 0.0119. The standard InChI is InChI=1S/C44H68N8O25S.ClH/c1-18(55)48-31-23(59)12-43(40(68)69,74-25(31)14-47-51-29(61)7-8-52-30(62)10-27(38(52)65)78-9-5-6-28(45)46-4)73-17-21(15-53)34(63)36-33(50-20(3)57)24(60)13-44(77-36,41(70)71)75-26(16-54)35(64)37-32(49-19(2)56)22(58)11-42(72,76-37)39(66)67;/h14,21-27,31-37,53-54,58-60,63-64,72H,5-13,15-17H2,1-4H3,(H2,45,46)(H,48,55)(H,49,56)(H,50,57)(H,51,61)(H,66,67)(H,68,69)(H,70,71);1H/b47-14-;. The van der Waals surface area contributed by atoms with Gasteiger partial charge in [-0.15, -0.1) is 11.8 Å². The molecule has 0 saturated carbocycles. The van der Waals surface area contributed by atoms with E-state index in [0.717, 1.165) is 31.9 Å². The van der Waals surface area contributed by atoms with Gasteiger partial charge < -0.3 is 108 Å². The Labute approximate surface area is 460 Å². The average Bonchev–Trinajstić information content (AvgIpc) is 3.65. The van der Waals surface area contributed by atoms with Crippen LogP contribution >= 0.6 is 11.8 Å². The first-order chi connectivity index (χ1) is 36.5. The molecule has 0 aromatic carbocycles. The summed E-state index contributed by atoms with van der Waals surface area (Å²) >= 11 is 1.27. The van der Waals surface area contributed by atoms with E-state index < -0.39 is 200 Å². The number of carboxylic acid groups (broad SMARTS) is 3. The van der Waals surface area contributed by atoms with Crippen LogP contribution in [0.3, 0.4) is 0 Å². The van der Waals surface area contributed by atoms with Crippen molar-refractivity contribution in [2.75, 3.05) is 39.2 Å². The number of nitrogens with zero attached hydrogens (tertiary/aromatic N) is 2. The number of ether oxygens (including phenoxy) is 5. The van der Waals surface area contributed by atoms with E-state index in [0.29, 0.717) is 24.4 Å².